The molecule has 0 bridgehead atoms. The van der Waals surface area contributed by atoms with Gasteiger partial charge in [-0.05, 0) is 46.7 Å². The Kier molecular flexibility index (Phi) is 6.75. The molecule has 0 saturated carbocycles. The second-order valence-corrected chi connectivity index (χ2v) is 6.04. The summed E-state index contributed by atoms with van der Waals surface area (Å²) in [5.41, 5.74) is -0.888. The van der Waals surface area contributed by atoms with Gasteiger partial charge in [-0.2, -0.15) is 0 Å². The number of ether oxygens (including phenoxy) is 1. The van der Waals surface area contributed by atoms with E-state index in [1.807, 2.05) is 19.0 Å². The maximum absolute atomic E-state index is 11.7. The van der Waals surface area contributed by atoms with Crippen molar-refractivity contribution < 1.29 is 14.6 Å². The Balaban J connectivity index is 2.16. The lowest BCUT2D eigenvalue weighted by Gasteiger charge is -2.27. The fourth-order valence-electron chi connectivity index (χ4n) is 2.44. The topological polar surface area (TPSA) is 61.8 Å². The molecule has 1 saturated heterocycles. The Morgan fingerprint density at radius 1 is 1.47 bits per heavy atom. The van der Waals surface area contributed by atoms with E-state index in [9.17, 15) is 9.90 Å². The third-order valence-electron chi connectivity index (χ3n) is 3.29. The van der Waals surface area contributed by atoms with E-state index in [1.165, 1.54) is 6.42 Å². The minimum atomic E-state index is -0.888. The maximum Gasteiger partial charge on any atom is 0.220 e. The van der Waals surface area contributed by atoms with Crippen LogP contribution in [0.2, 0.25) is 0 Å². The number of nitrogens with zero attached hydrogens (tertiary/aromatic N) is 1. The second-order valence-electron chi connectivity index (χ2n) is 6.04. The van der Waals surface area contributed by atoms with Crippen molar-refractivity contribution in [1.82, 2.24) is 10.2 Å². The number of amides is 1. The highest BCUT2D eigenvalue weighted by Gasteiger charge is 2.22. The van der Waals surface area contributed by atoms with Crippen LogP contribution in [-0.4, -0.2) is 61.4 Å². The first-order valence-electron chi connectivity index (χ1n) is 7.14. The number of likely N-dealkylation sites (N-methyl/N-ethyl adjacent to an activating group) is 1. The van der Waals surface area contributed by atoms with E-state index >= 15 is 0 Å². The van der Waals surface area contributed by atoms with Crippen LogP contribution in [0.5, 0.6) is 0 Å². The van der Waals surface area contributed by atoms with Crippen LogP contribution >= 0.6 is 0 Å². The molecule has 1 amide bonds. The van der Waals surface area contributed by atoms with Crippen molar-refractivity contribution in [2.45, 2.75) is 50.7 Å². The van der Waals surface area contributed by atoms with E-state index in [2.05, 4.69) is 5.32 Å². The zero-order valence-electron chi connectivity index (χ0n) is 12.4. The first-order chi connectivity index (χ1) is 8.89. The zero-order chi connectivity index (χ0) is 14.3. The van der Waals surface area contributed by atoms with E-state index in [4.69, 9.17) is 4.74 Å². The molecule has 0 aliphatic carbocycles. The Labute approximate surface area is 116 Å². The van der Waals surface area contributed by atoms with Crippen LogP contribution < -0.4 is 5.32 Å². The van der Waals surface area contributed by atoms with Gasteiger partial charge in [-0.3, -0.25) is 4.79 Å². The zero-order valence-corrected chi connectivity index (χ0v) is 12.4. The fraction of sp³-hybridized carbons (Fsp3) is 0.929. The molecule has 0 aromatic rings. The molecule has 5 heteroatoms. The number of hydrogen-bond acceptors (Lipinski definition) is 4. The largest absolute Gasteiger partial charge is 0.387 e. The van der Waals surface area contributed by atoms with Crippen molar-refractivity contribution >= 4 is 5.91 Å². The van der Waals surface area contributed by atoms with Gasteiger partial charge in [0.15, 0.2) is 0 Å². The molecule has 1 heterocycles. The maximum atomic E-state index is 11.7. The smallest absolute Gasteiger partial charge is 0.220 e. The van der Waals surface area contributed by atoms with Gasteiger partial charge in [-0.1, -0.05) is 0 Å². The Hall–Kier alpha value is -0.650. The monoisotopic (exact) mass is 272 g/mol. The number of rotatable bonds is 7. The molecule has 2 N–H and O–H groups in total. The molecule has 0 spiro atoms. The summed E-state index contributed by atoms with van der Waals surface area (Å²) in [5.74, 6) is -0.00629. The molecule has 19 heavy (non-hydrogen) atoms. The van der Waals surface area contributed by atoms with Crippen LogP contribution in [0.15, 0.2) is 0 Å². The molecule has 2 atom stereocenters. The van der Waals surface area contributed by atoms with Crippen molar-refractivity contribution in [3.63, 3.8) is 0 Å². The van der Waals surface area contributed by atoms with Crippen molar-refractivity contribution in [3.8, 4) is 0 Å². The summed E-state index contributed by atoms with van der Waals surface area (Å²) in [6, 6.07) is 0. The number of hydrogen-bond donors (Lipinski definition) is 2. The first-order valence-corrected chi connectivity index (χ1v) is 7.14. The summed E-state index contributed by atoms with van der Waals surface area (Å²) in [5, 5.41) is 12.9. The minimum absolute atomic E-state index is 0.00629. The van der Waals surface area contributed by atoms with E-state index in [-0.39, 0.29) is 18.6 Å². The lowest BCUT2D eigenvalue weighted by molar-refractivity contribution is -0.123. The van der Waals surface area contributed by atoms with Crippen molar-refractivity contribution in [1.29, 1.82) is 0 Å². The van der Waals surface area contributed by atoms with Gasteiger partial charge in [0.25, 0.3) is 0 Å². The predicted octanol–water partition coefficient (Wildman–Crippen LogP) is 0.764. The average molecular weight is 272 g/mol. The van der Waals surface area contributed by atoms with Crippen LogP contribution in [0, 0.1) is 0 Å². The summed E-state index contributed by atoms with van der Waals surface area (Å²) in [6.45, 7) is 3.37. The van der Waals surface area contributed by atoms with Gasteiger partial charge >= 0.3 is 0 Å². The van der Waals surface area contributed by atoms with Crippen LogP contribution in [0.3, 0.4) is 0 Å². The third-order valence-corrected chi connectivity index (χ3v) is 3.29. The van der Waals surface area contributed by atoms with E-state index in [0.717, 1.165) is 25.9 Å². The molecule has 1 aliphatic heterocycles. The van der Waals surface area contributed by atoms with Crippen LogP contribution in [-0.2, 0) is 9.53 Å². The molecular formula is C14H28N2O3. The van der Waals surface area contributed by atoms with E-state index < -0.39 is 5.60 Å². The molecule has 5 nitrogen and oxygen atoms in total. The SMILES string of the molecule is CN(C)CC(C)(O)CNC(=O)CCC1CCCCO1. The highest BCUT2D eigenvalue weighted by molar-refractivity contribution is 5.75. The molecule has 112 valence electrons. The summed E-state index contributed by atoms with van der Waals surface area (Å²) >= 11 is 0. The molecule has 2 unspecified atom stereocenters. The van der Waals surface area contributed by atoms with Crippen molar-refractivity contribution in [3.05, 3.63) is 0 Å². The molecular weight excluding hydrogens is 244 g/mol. The molecule has 0 aromatic carbocycles. The lowest BCUT2D eigenvalue weighted by atomic mass is 10.0. The van der Waals surface area contributed by atoms with Crippen molar-refractivity contribution in [2.75, 3.05) is 33.8 Å². The van der Waals surface area contributed by atoms with Gasteiger partial charge in [-0.15, -0.1) is 0 Å². The van der Waals surface area contributed by atoms with Gasteiger partial charge < -0.3 is 20.1 Å². The lowest BCUT2D eigenvalue weighted by Crippen LogP contribution is -2.47. The minimum Gasteiger partial charge on any atom is -0.387 e. The van der Waals surface area contributed by atoms with Crippen molar-refractivity contribution in [2.24, 2.45) is 0 Å². The highest BCUT2D eigenvalue weighted by Crippen LogP contribution is 2.16. The summed E-state index contributed by atoms with van der Waals surface area (Å²) in [6.07, 6.45) is 4.89. The normalized spacial score (nSPS) is 23.1. The van der Waals surface area contributed by atoms with Gasteiger partial charge in [0.2, 0.25) is 5.91 Å². The quantitative estimate of drug-likeness (QED) is 0.718. The molecule has 0 radical (unpaired) electrons. The number of aliphatic hydroxyl groups is 1. The number of carbonyl (C=O) groups is 1. The fourth-order valence-corrected chi connectivity index (χ4v) is 2.44. The van der Waals surface area contributed by atoms with Crippen LogP contribution in [0.25, 0.3) is 0 Å². The van der Waals surface area contributed by atoms with Gasteiger partial charge in [0.05, 0.1) is 11.7 Å². The summed E-state index contributed by atoms with van der Waals surface area (Å²) < 4.78 is 5.59. The Bertz CT molecular complexity index is 274. The molecule has 1 fully saturated rings. The Morgan fingerprint density at radius 2 is 2.21 bits per heavy atom. The Morgan fingerprint density at radius 3 is 2.79 bits per heavy atom. The highest BCUT2D eigenvalue weighted by atomic mass is 16.5. The summed E-state index contributed by atoms with van der Waals surface area (Å²) in [4.78, 5) is 13.6. The van der Waals surface area contributed by atoms with Crippen LogP contribution in [0.4, 0.5) is 0 Å². The van der Waals surface area contributed by atoms with Gasteiger partial charge in [0.1, 0.15) is 0 Å². The van der Waals surface area contributed by atoms with E-state index in [1.54, 1.807) is 6.92 Å². The third kappa shape index (κ3) is 7.50. The second kappa shape index (κ2) is 7.82. The van der Waals surface area contributed by atoms with Gasteiger partial charge in [-0.25, -0.2) is 0 Å². The van der Waals surface area contributed by atoms with Gasteiger partial charge in [0, 0.05) is 26.1 Å². The number of nitrogens with one attached hydrogen (secondary N) is 1. The molecule has 1 rings (SSSR count). The molecule has 0 aromatic heterocycles. The standard InChI is InChI=1S/C14H28N2O3/c1-14(18,11-16(2)3)10-15-13(17)8-7-12-6-4-5-9-19-12/h12,18H,4-11H2,1-3H3,(H,15,17). The predicted molar refractivity (Wildman–Crippen MR) is 75.0 cm³/mol. The molecule has 1 aliphatic rings. The summed E-state index contributed by atoms with van der Waals surface area (Å²) in [7, 11) is 3.80. The average Bonchev–Trinajstić information content (AvgIpc) is 2.34. The van der Waals surface area contributed by atoms with Crippen LogP contribution in [0.1, 0.15) is 39.0 Å². The number of carbonyl (C=O) groups excluding carboxylic acids is 1. The first kappa shape index (κ1) is 16.4. The van der Waals surface area contributed by atoms with E-state index in [0.29, 0.717) is 13.0 Å².